The van der Waals surface area contributed by atoms with Crippen molar-refractivity contribution in [3.05, 3.63) is 62.8 Å². The Labute approximate surface area is 186 Å². The Bertz CT molecular complexity index is 1160. The molecule has 11 heteroatoms. The summed E-state index contributed by atoms with van der Waals surface area (Å²) in [5.41, 5.74) is -1.76. The van der Waals surface area contributed by atoms with Gasteiger partial charge in [0.1, 0.15) is 23.0 Å². The highest BCUT2D eigenvalue weighted by molar-refractivity contribution is 5.99. The maximum absolute atomic E-state index is 13.8. The molecule has 2 aliphatic rings. The van der Waals surface area contributed by atoms with Gasteiger partial charge in [-0.25, -0.2) is 13.2 Å². The van der Waals surface area contributed by atoms with E-state index >= 15 is 0 Å². The summed E-state index contributed by atoms with van der Waals surface area (Å²) in [5, 5.41) is 12.1. The van der Waals surface area contributed by atoms with E-state index in [4.69, 9.17) is 4.74 Å². The van der Waals surface area contributed by atoms with E-state index in [2.05, 4.69) is 5.32 Å². The standard InChI is InChI=1S/C22H22F3N3O5/c1-33-20-18-22(32)28(12-2-3-13(29)8-12)5-4-27(18)10-15(19(20)30)21(31)26-9-14-16(24)6-11(23)7-17(14)25/h6-7,10,12-13,29H,2-5,8-9H2,1H3,(H,26,31)/t12-,13+/m0/s1. The number of fused-ring (bicyclic) bond motifs is 1. The number of pyridine rings is 1. The van der Waals surface area contributed by atoms with Gasteiger partial charge in [0.15, 0.2) is 11.4 Å². The van der Waals surface area contributed by atoms with Crippen LogP contribution >= 0.6 is 0 Å². The number of carbonyl (C=O) groups excluding carboxylic acids is 2. The Hall–Kier alpha value is -3.34. The highest BCUT2D eigenvalue weighted by Crippen LogP contribution is 2.29. The number of rotatable bonds is 5. The summed E-state index contributed by atoms with van der Waals surface area (Å²) < 4.78 is 47.4. The Morgan fingerprint density at radius 1 is 1.18 bits per heavy atom. The highest BCUT2D eigenvalue weighted by Gasteiger charge is 2.37. The van der Waals surface area contributed by atoms with Crippen LogP contribution in [0, 0.1) is 17.5 Å². The van der Waals surface area contributed by atoms with Gasteiger partial charge in [-0.05, 0) is 19.3 Å². The average molecular weight is 465 g/mol. The summed E-state index contributed by atoms with van der Waals surface area (Å²) >= 11 is 0. The lowest BCUT2D eigenvalue weighted by Crippen LogP contribution is -2.47. The third-order valence-corrected chi connectivity index (χ3v) is 6.08. The first-order valence-electron chi connectivity index (χ1n) is 10.4. The first-order valence-corrected chi connectivity index (χ1v) is 10.4. The molecule has 1 aliphatic heterocycles. The fourth-order valence-electron chi connectivity index (χ4n) is 4.41. The molecular formula is C22H22F3N3O5. The second-order valence-corrected chi connectivity index (χ2v) is 8.10. The lowest BCUT2D eigenvalue weighted by atomic mass is 10.1. The Morgan fingerprint density at radius 3 is 2.48 bits per heavy atom. The minimum atomic E-state index is -1.17. The lowest BCUT2D eigenvalue weighted by Gasteiger charge is -2.35. The van der Waals surface area contributed by atoms with Crippen molar-refractivity contribution in [1.82, 2.24) is 14.8 Å². The Kier molecular flexibility index (Phi) is 6.15. The molecule has 2 atom stereocenters. The van der Waals surface area contributed by atoms with Crippen molar-refractivity contribution in [3.8, 4) is 5.75 Å². The van der Waals surface area contributed by atoms with Gasteiger partial charge in [-0.2, -0.15) is 0 Å². The number of carbonyl (C=O) groups is 2. The van der Waals surface area contributed by atoms with E-state index in [0.29, 0.717) is 37.9 Å². The van der Waals surface area contributed by atoms with E-state index < -0.39 is 52.9 Å². The van der Waals surface area contributed by atoms with E-state index in [1.807, 2.05) is 0 Å². The van der Waals surface area contributed by atoms with Gasteiger partial charge in [0.2, 0.25) is 5.43 Å². The number of hydrogen-bond donors (Lipinski definition) is 2. The molecule has 0 spiro atoms. The molecule has 0 unspecified atom stereocenters. The third kappa shape index (κ3) is 4.20. The molecule has 176 valence electrons. The number of methoxy groups -OCH3 is 1. The van der Waals surface area contributed by atoms with E-state index in [1.54, 1.807) is 4.90 Å². The van der Waals surface area contributed by atoms with Crippen LogP contribution in [0.5, 0.6) is 5.75 Å². The minimum Gasteiger partial charge on any atom is -0.491 e. The molecule has 4 rings (SSSR count). The summed E-state index contributed by atoms with van der Waals surface area (Å²) in [6.07, 6.45) is 2.43. The number of nitrogens with one attached hydrogen (secondary N) is 1. The van der Waals surface area contributed by atoms with Gasteiger partial charge < -0.3 is 24.6 Å². The number of aliphatic hydroxyl groups excluding tert-OH is 1. The number of aromatic nitrogens is 1. The van der Waals surface area contributed by atoms with Gasteiger partial charge in [0, 0.05) is 49.6 Å². The molecule has 1 aliphatic carbocycles. The van der Waals surface area contributed by atoms with Crippen molar-refractivity contribution < 1.29 is 32.6 Å². The fraction of sp³-hybridized carbons (Fsp3) is 0.409. The molecule has 1 fully saturated rings. The average Bonchev–Trinajstić information content (AvgIpc) is 3.19. The first kappa shape index (κ1) is 22.8. The van der Waals surface area contributed by atoms with Gasteiger partial charge in [0.05, 0.1) is 13.2 Å². The topological polar surface area (TPSA) is 101 Å². The quantitative estimate of drug-likeness (QED) is 0.699. The number of hydrogen-bond acceptors (Lipinski definition) is 5. The van der Waals surface area contributed by atoms with E-state index in [1.165, 1.54) is 17.9 Å². The lowest BCUT2D eigenvalue weighted by molar-refractivity contribution is 0.0596. The summed E-state index contributed by atoms with van der Waals surface area (Å²) in [5.74, 6) is -5.11. The van der Waals surface area contributed by atoms with Crippen LogP contribution in [-0.2, 0) is 13.1 Å². The maximum Gasteiger partial charge on any atom is 0.274 e. The van der Waals surface area contributed by atoms with Crippen molar-refractivity contribution in [2.75, 3.05) is 13.7 Å². The third-order valence-electron chi connectivity index (χ3n) is 6.08. The zero-order chi connectivity index (χ0) is 23.9. The normalized spacial score (nSPS) is 20.0. The van der Waals surface area contributed by atoms with Crippen LogP contribution in [0.15, 0.2) is 23.1 Å². The van der Waals surface area contributed by atoms with Crippen LogP contribution in [0.1, 0.15) is 45.7 Å². The molecule has 0 radical (unpaired) electrons. The molecule has 2 heterocycles. The van der Waals surface area contributed by atoms with Crippen molar-refractivity contribution in [3.63, 3.8) is 0 Å². The van der Waals surface area contributed by atoms with Crippen molar-refractivity contribution >= 4 is 11.8 Å². The smallest absolute Gasteiger partial charge is 0.274 e. The zero-order valence-electron chi connectivity index (χ0n) is 17.7. The van der Waals surface area contributed by atoms with Crippen LogP contribution < -0.4 is 15.5 Å². The predicted molar refractivity (Wildman–Crippen MR) is 109 cm³/mol. The largest absolute Gasteiger partial charge is 0.491 e. The number of ether oxygens (including phenoxy) is 1. The molecule has 2 amide bonds. The van der Waals surface area contributed by atoms with Gasteiger partial charge in [-0.3, -0.25) is 14.4 Å². The van der Waals surface area contributed by atoms with Crippen LogP contribution in [0.2, 0.25) is 0 Å². The second kappa shape index (κ2) is 8.89. The summed E-state index contributed by atoms with van der Waals surface area (Å²) in [6, 6.07) is 0.828. The summed E-state index contributed by atoms with van der Waals surface area (Å²) in [7, 11) is 1.20. The monoisotopic (exact) mass is 465 g/mol. The highest BCUT2D eigenvalue weighted by atomic mass is 19.1. The molecular weight excluding hydrogens is 443 g/mol. The molecule has 2 N–H and O–H groups in total. The fourth-order valence-corrected chi connectivity index (χ4v) is 4.41. The number of amides is 2. The van der Waals surface area contributed by atoms with Crippen molar-refractivity contribution in [2.24, 2.45) is 0 Å². The SMILES string of the molecule is COc1c2n(cc(C(=O)NCc3c(F)cc(F)cc3F)c1=O)CCN([C@H]1CC[C@@H](O)C1)C2=O. The van der Waals surface area contributed by atoms with Gasteiger partial charge >= 0.3 is 0 Å². The summed E-state index contributed by atoms with van der Waals surface area (Å²) in [4.78, 5) is 40.3. The number of nitrogens with zero attached hydrogens (tertiary/aromatic N) is 2. The van der Waals surface area contributed by atoms with Crippen LogP contribution in [0.25, 0.3) is 0 Å². The predicted octanol–water partition coefficient (Wildman–Crippen LogP) is 1.57. The molecule has 1 saturated carbocycles. The Balaban J connectivity index is 1.61. The van der Waals surface area contributed by atoms with Crippen LogP contribution in [-0.4, -0.2) is 52.2 Å². The molecule has 33 heavy (non-hydrogen) atoms. The van der Waals surface area contributed by atoms with Gasteiger partial charge in [-0.1, -0.05) is 0 Å². The number of benzene rings is 1. The minimum absolute atomic E-state index is 0.00214. The molecule has 8 nitrogen and oxygen atoms in total. The molecule has 1 aromatic heterocycles. The Morgan fingerprint density at radius 2 is 1.88 bits per heavy atom. The zero-order valence-corrected chi connectivity index (χ0v) is 17.7. The van der Waals surface area contributed by atoms with E-state index in [-0.39, 0.29) is 29.6 Å². The maximum atomic E-state index is 13.8. The molecule has 0 bridgehead atoms. The molecule has 1 aromatic carbocycles. The molecule has 0 saturated heterocycles. The van der Waals surface area contributed by atoms with Crippen molar-refractivity contribution in [1.29, 1.82) is 0 Å². The molecule has 2 aromatic rings. The van der Waals surface area contributed by atoms with Crippen LogP contribution in [0.3, 0.4) is 0 Å². The second-order valence-electron chi connectivity index (χ2n) is 8.10. The number of halogens is 3. The van der Waals surface area contributed by atoms with E-state index in [9.17, 15) is 32.7 Å². The van der Waals surface area contributed by atoms with E-state index in [0.717, 1.165) is 0 Å². The van der Waals surface area contributed by atoms with Crippen molar-refractivity contribution in [2.45, 2.75) is 44.5 Å². The summed E-state index contributed by atoms with van der Waals surface area (Å²) in [6.45, 7) is -0.00882. The first-order chi connectivity index (χ1) is 15.7. The van der Waals surface area contributed by atoms with Crippen LogP contribution in [0.4, 0.5) is 13.2 Å². The van der Waals surface area contributed by atoms with Gasteiger partial charge in [-0.15, -0.1) is 0 Å². The van der Waals surface area contributed by atoms with Gasteiger partial charge in [0.25, 0.3) is 11.8 Å². The number of aliphatic hydroxyl groups is 1.